The topological polar surface area (TPSA) is 168 Å². The molecule has 0 aliphatic heterocycles. The summed E-state index contributed by atoms with van der Waals surface area (Å²) in [5.74, 6) is 3.48. The van der Waals surface area contributed by atoms with Crippen molar-refractivity contribution in [3.8, 4) is 22.9 Å². The SMILES string of the molecule is CC(C)(C)Cc1cc(-c2onc([C@@H](CCCO)CC(=O)Cc3ccc(Cl)cc3Cl)c2C2CC2)no1.CC(C)(C)Cc1cc(-c2onc([C@@H](CCCOCc3ccccc3)CC(=O)Cc3ccc(Cl)cc3Cl)c2C2CC2)no1. The van der Waals surface area contributed by atoms with Gasteiger partial charge in [0.25, 0.3) is 0 Å². The van der Waals surface area contributed by atoms with Gasteiger partial charge in [0.2, 0.25) is 0 Å². The van der Waals surface area contributed by atoms with Crippen LogP contribution in [-0.4, -0.2) is 50.5 Å². The Bertz CT molecular complexity index is 3070. The van der Waals surface area contributed by atoms with E-state index in [4.69, 9.17) is 69.2 Å². The van der Waals surface area contributed by atoms with Gasteiger partial charge in [0.05, 0.1) is 18.0 Å². The summed E-state index contributed by atoms with van der Waals surface area (Å²) in [7, 11) is 0. The average Bonchev–Trinajstić information content (AvgIpc) is 4.18. The maximum absolute atomic E-state index is 13.4. The lowest BCUT2D eigenvalue weighted by atomic mass is 9.87. The number of aromatic nitrogens is 4. The molecule has 0 unspecified atom stereocenters. The molecule has 0 saturated heterocycles. The number of hydrogen-bond acceptors (Lipinski definition) is 12. The molecule has 2 aliphatic rings. The number of ether oxygens (including phenoxy) is 1. The molecule has 0 amide bonds. The zero-order chi connectivity index (χ0) is 54.9. The van der Waals surface area contributed by atoms with Gasteiger partial charge < -0.3 is 27.9 Å². The van der Waals surface area contributed by atoms with Gasteiger partial charge in [0.1, 0.15) is 23.1 Å². The highest BCUT2D eigenvalue weighted by molar-refractivity contribution is 6.35. The summed E-state index contributed by atoms with van der Waals surface area (Å²) in [6.45, 7) is 14.2. The molecule has 77 heavy (non-hydrogen) atoms. The van der Waals surface area contributed by atoms with Crippen LogP contribution in [0.1, 0.15) is 180 Å². The van der Waals surface area contributed by atoms with Gasteiger partial charge in [-0.3, -0.25) is 9.59 Å². The number of carbonyl (C=O) groups is 2. The Hall–Kier alpha value is -5.08. The third-order valence-electron chi connectivity index (χ3n) is 13.7. The Labute approximate surface area is 471 Å². The molecule has 0 radical (unpaired) electrons. The summed E-state index contributed by atoms with van der Waals surface area (Å²) in [4.78, 5) is 26.5. The number of carbonyl (C=O) groups excluding carboxylic acids is 2. The Morgan fingerprint density at radius 2 is 1.06 bits per heavy atom. The lowest BCUT2D eigenvalue weighted by Gasteiger charge is -2.16. The lowest BCUT2D eigenvalue weighted by Crippen LogP contribution is -2.13. The zero-order valence-electron chi connectivity index (χ0n) is 44.9. The molecule has 12 nitrogen and oxygen atoms in total. The van der Waals surface area contributed by atoms with Gasteiger partial charge in [-0.25, -0.2) is 0 Å². The number of hydrogen-bond donors (Lipinski definition) is 1. The van der Waals surface area contributed by atoms with Gasteiger partial charge in [-0.1, -0.05) is 151 Å². The molecule has 7 aromatic rings. The Morgan fingerprint density at radius 3 is 1.48 bits per heavy atom. The van der Waals surface area contributed by atoms with Crippen LogP contribution in [-0.2, 0) is 46.6 Å². The summed E-state index contributed by atoms with van der Waals surface area (Å²) in [6.07, 6.45) is 9.59. The molecule has 2 atom stereocenters. The first-order chi connectivity index (χ1) is 36.8. The van der Waals surface area contributed by atoms with Crippen molar-refractivity contribution in [2.24, 2.45) is 10.8 Å². The van der Waals surface area contributed by atoms with Gasteiger partial charge in [-0.05, 0) is 115 Å². The van der Waals surface area contributed by atoms with Crippen LogP contribution in [0.4, 0.5) is 0 Å². The fourth-order valence-corrected chi connectivity index (χ4v) is 10.8. The van der Waals surface area contributed by atoms with Gasteiger partial charge in [0.15, 0.2) is 22.9 Å². The van der Waals surface area contributed by atoms with E-state index in [1.54, 1.807) is 30.3 Å². The van der Waals surface area contributed by atoms with Crippen LogP contribution in [0.2, 0.25) is 20.1 Å². The highest BCUT2D eigenvalue weighted by atomic mass is 35.5. The average molecular weight is 1130 g/mol. The van der Waals surface area contributed by atoms with Crippen LogP contribution in [0.3, 0.4) is 0 Å². The van der Waals surface area contributed by atoms with Gasteiger partial charge in [0, 0.05) is 107 Å². The predicted octanol–water partition coefficient (Wildman–Crippen LogP) is 16.5. The molecular formula is C61H70Cl4N4O8. The predicted molar refractivity (Wildman–Crippen MR) is 301 cm³/mol. The number of benzene rings is 3. The summed E-state index contributed by atoms with van der Waals surface area (Å²) in [5.41, 5.74) is 7.86. The smallest absolute Gasteiger partial charge is 0.192 e. The molecule has 2 fully saturated rings. The fourth-order valence-electron chi connectivity index (χ4n) is 9.82. The third kappa shape index (κ3) is 17.0. The van der Waals surface area contributed by atoms with E-state index in [1.807, 2.05) is 36.4 Å². The van der Waals surface area contributed by atoms with Crippen molar-refractivity contribution in [3.63, 3.8) is 0 Å². The van der Waals surface area contributed by atoms with E-state index in [0.717, 1.165) is 102 Å². The monoisotopic (exact) mass is 1130 g/mol. The number of aliphatic hydroxyl groups is 1. The summed E-state index contributed by atoms with van der Waals surface area (Å²) in [6, 6.07) is 24.4. The molecule has 4 aromatic heterocycles. The minimum Gasteiger partial charge on any atom is -0.396 e. The number of ketones is 2. The Morgan fingerprint density at radius 1 is 0.610 bits per heavy atom. The molecule has 0 bridgehead atoms. The first-order valence-electron chi connectivity index (χ1n) is 26.9. The summed E-state index contributed by atoms with van der Waals surface area (Å²) in [5, 5.41) is 29.2. The van der Waals surface area contributed by atoms with Crippen LogP contribution < -0.4 is 0 Å². The first kappa shape index (κ1) is 58.1. The molecular weight excluding hydrogens is 1060 g/mol. The van der Waals surface area contributed by atoms with Crippen LogP contribution >= 0.6 is 46.4 Å². The van der Waals surface area contributed by atoms with E-state index < -0.39 is 0 Å². The minimum atomic E-state index is -0.158. The zero-order valence-corrected chi connectivity index (χ0v) is 48.0. The molecule has 2 aliphatic carbocycles. The third-order valence-corrected chi connectivity index (χ3v) is 14.8. The van der Waals surface area contributed by atoms with Crippen molar-refractivity contribution in [1.82, 2.24) is 20.6 Å². The molecule has 3 aromatic carbocycles. The van der Waals surface area contributed by atoms with E-state index in [9.17, 15) is 14.7 Å². The van der Waals surface area contributed by atoms with Crippen LogP contribution in [0.25, 0.3) is 22.9 Å². The normalized spacial score (nSPS) is 14.6. The molecule has 1 N–H and O–H groups in total. The summed E-state index contributed by atoms with van der Waals surface area (Å²) < 4.78 is 29.0. The van der Waals surface area contributed by atoms with Crippen molar-refractivity contribution in [2.75, 3.05) is 13.2 Å². The van der Waals surface area contributed by atoms with Crippen LogP contribution in [0.15, 0.2) is 97.0 Å². The summed E-state index contributed by atoms with van der Waals surface area (Å²) >= 11 is 24.7. The quantitative estimate of drug-likeness (QED) is 0.0539. The fraction of sp³-hybridized carbons (Fsp3) is 0.475. The van der Waals surface area contributed by atoms with E-state index in [2.05, 4.69) is 74.3 Å². The second-order valence-corrected chi connectivity index (χ2v) is 24.9. The van der Waals surface area contributed by atoms with Crippen molar-refractivity contribution in [3.05, 3.63) is 150 Å². The highest BCUT2D eigenvalue weighted by Gasteiger charge is 2.39. The van der Waals surface area contributed by atoms with E-state index in [-0.39, 0.29) is 53.7 Å². The Balaban J connectivity index is 0.000000207. The van der Waals surface area contributed by atoms with E-state index in [1.165, 1.54) is 0 Å². The lowest BCUT2D eigenvalue weighted by molar-refractivity contribution is -0.119. The van der Waals surface area contributed by atoms with E-state index in [0.29, 0.717) is 93.7 Å². The van der Waals surface area contributed by atoms with Gasteiger partial charge in [-0.2, -0.15) is 0 Å². The molecule has 4 heterocycles. The number of rotatable bonds is 25. The molecule has 2 saturated carbocycles. The maximum Gasteiger partial charge on any atom is 0.192 e. The molecule has 16 heteroatoms. The largest absolute Gasteiger partial charge is 0.396 e. The molecule has 410 valence electrons. The first-order valence-corrected chi connectivity index (χ1v) is 28.4. The number of nitrogens with zero attached hydrogens (tertiary/aromatic N) is 4. The number of halogens is 4. The van der Waals surface area contributed by atoms with Crippen LogP contribution in [0.5, 0.6) is 0 Å². The van der Waals surface area contributed by atoms with E-state index >= 15 is 0 Å². The van der Waals surface area contributed by atoms with Crippen molar-refractivity contribution >= 4 is 58.0 Å². The van der Waals surface area contributed by atoms with Gasteiger partial charge >= 0.3 is 0 Å². The van der Waals surface area contributed by atoms with Crippen LogP contribution in [0, 0.1) is 10.8 Å². The maximum atomic E-state index is 13.4. The second kappa shape index (κ2) is 26.3. The number of Topliss-reactive ketones (excluding diaryl/α,β-unsaturated/α-hetero) is 2. The standard InChI is InChI=1S/C34H38Cl2N2O4.C27H32Cl2N2O4/c1-34(2,3)20-28-19-30(37-41-28)33-31(23-11-12-23)32(38-42-33)25(10-7-15-40-21-22-8-5-4-6-9-22)17-27(39)16-24-13-14-26(35)18-29(24)36;1-27(2,3)15-21-14-23(30-34-21)26-24(16-6-7-16)25(31-35-26)18(5-4-10-32)12-20(33)11-17-8-9-19(28)13-22(17)29/h4-6,8-9,13-14,18-19,23,25H,7,10-12,15-17,20-21H2,1-3H3;8-9,13-14,16,18,32H,4-7,10-12,15H2,1-3H3/t25-;18-/m00/s1. The van der Waals surface area contributed by atoms with Crippen molar-refractivity contribution in [1.29, 1.82) is 0 Å². The highest BCUT2D eigenvalue weighted by Crippen LogP contribution is 2.50. The molecule has 0 spiro atoms. The van der Waals surface area contributed by atoms with Crippen molar-refractivity contribution < 1.29 is 37.5 Å². The second-order valence-electron chi connectivity index (χ2n) is 23.3. The van der Waals surface area contributed by atoms with Crippen molar-refractivity contribution in [2.45, 2.75) is 162 Å². The Kier molecular flexibility index (Phi) is 19.8. The number of aliphatic hydroxyl groups excluding tert-OH is 1. The molecule has 9 rings (SSSR count). The van der Waals surface area contributed by atoms with Gasteiger partial charge in [-0.15, -0.1) is 0 Å². The minimum absolute atomic E-state index is 0.0522.